The largest absolute Gasteiger partial charge is 0.497 e. The van der Waals surface area contributed by atoms with Crippen LogP contribution in [0.4, 0.5) is 5.69 Å². The summed E-state index contributed by atoms with van der Waals surface area (Å²) in [5, 5.41) is 5.64. The van der Waals surface area contributed by atoms with Gasteiger partial charge in [0.15, 0.2) is 0 Å². The van der Waals surface area contributed by atoms with Crippen LogP contribution < -0.4 is 20.1 Å². The van der Waals surface area contributed by atoms with Gasteiger partial charge < -0.3 is 20.1 Å². The van der Waals surface area contributed by atoms with E-state index in [1.807, 2.05) is 20.8 Å². The van der Waals surface area contributed by atoms with Crippen LogP contribution in [0.3, 0.4) is 0 Å². The summed E-state index contributed by atoms with van der Waals surface area (Å²) in [6, 6.07) is 13.2. The zero-order valence-corrected chi connectivity index (χ0v) is 16.1. The summed E-state index contributed by atoms with van der Waals surface area (Å²) in [7, 11) is 1.58. The summed E-state index contributed by atoms with van der Waals surface area (Å²) in [5.74, 6) is 0.759. The minimum absolute atomic E-state index is 0.0742. The lowest BCUT2D eigenvalue weighted by molar-refractivity contribution is -0.118. The normalized spacial score (nSPS) is 11.6. The first kappa shape index (κ1) is 20.3. The van der Waals surface area contributed by atoms with Crippen molar-refractivity contribution in [2.75, 3.05) is 19.0 Å². The standard InChI is InChI=1S/C21H26N2O4/c1-5-27-18-10-6-15(7-11-18)20(24)23-19(14(2)3)21(25)22-16-8-12-17(26-4)13-9-16/h6-14,19H,5H2,1-4H3,(H,22,25)(H,23,24)/t19-/m1/s1. The van der Waals surface area contributed by atoms with Gasteiger partial charge in [-0.2, -0.15) is 0 Å². The molecule has 6 heteroatoms. The number of hydrogen-bond acceptors (Lipinski definition) is 4. The van der Waals surface area contributed by atoms with Crippen LogP contribution in [0, 0.1) is 5.92 Å². The fourth-order valence-electron chi connectivity index (χ4n) is 2.52. The Labute approximate surface area is 159 Å². The number of hydrogen-bond donors (Lipinski definition) is 2. The first-order chi connectivity index (χ1) is 12.9. The maximum atomic E-state index is 12.6. The molecule has 0 spiro atoms. The molecular formula is C21H26N2O4. The number of carbonyl (C=O) groups is 2. The molecule has 0 unspecified atom stereocenters. The van der Waals surface area contributed by atoms with Crippen LogP contribution in [0.1, 0.15) is 31.1 Å². The maximum Gasteiger partial charge on any atom is 0.251 e. The van der Waals surface area contributed by atoms with Gasteiger partial charge >= 0.3 is 0 Å². The van der Waals surface area contributed by atoms with Crippen molar-refractivity contribution in [1.82, 2.24) is 5.32 Å². The Balaban J connectivity index is 2.04. The molecule has 0 heterocycles. The summed E-state index contributed by atoms with van der Waals surface area (Å²) >= 11 is 0. The summed E-state index contributed by atoms with van der Waals surface area (Å²) < 4.78 is 10.5. The molecule has 0 aliphatic heterocycles. The second kappa shape index (κ2) is 9.62. The van der Waals surface area contributed by atoms with Crippen molar-refractivity contribution in [1.29, 1.82) is 0 Å². The SMILES string of the molecule is CCOc1ccc(C(=O)N[C@@H](C(=O)Nc2ccc(OC)cc2)C(C)C)cc1. The highest BCUT2D eigenvalue weighted by molar-refractivity contribution is 6.01. The van der Waals surface area contributed by atoms with Crippen molar-refractivity contribution >= 4 is 17.5 Å². The summed E-state index contributed by atoms with van der Waals surface area (Å²) in [4.78, 5) is 25.2. The first-order valence-electron chi connectivity index (χ1n) is 8.93. The number of anilines is 1. The third kappa shape index (κ3) is 5.74. The highest BCUT2D eigenvalue weighted by atomic mass is 16.5. The van der Waals surface area contributed by atoms with Crippen molar-refractivity contribution < 1.29 is 19.1 Å². The zero-order chi connectivity index (χ0) is 19.8. The van der Waals surface area contributed by atoms with Crippen molar-refractivity contribution in [2.45, 2.75) is 26.8 Å². The Morgan fingerprint density at radius 2 is 1.56 bits per heavy atom. The second-order valence-corrected chi connectivity index (χ2v) is 6.37. The molecule has 0 radical (unpaired) electrons. The number of carbonyl (C=O) groups excluding carboxylic acids is 2. The third-order valence-corrected chi connectivity index (χ3v) is 4.02. The van der Waals surface area contributed by atoms with Crippen LogP contribution in [0.15, 0.2) is 48.5 Å². The van der Waals surface area contributed by atoms with Gasteiger partial charge in [0.25, 0.3) is 5.91 Å². The van der Waals surface area contributed by atoms with Gasteiger partial charge in [-0.1, -0.05) is 13.8 Å². The van der Waals surface area contributed by atoms with Gasteiger partial charge in [-0.25, -0.2) is 0 Å². The minimum atomic E-state index is -0.661. The number of ether oxygens (including phenoxy) is 2. The van der Waals surface area contributed by atoms with Crippen molar-refractivity contribution in [2.24, 2.45) is 5.92 Å². The molecule has 6 nitrogen and oxygen atoms in total. The van der Waals surface area contributed by atoms with Crippen LogP contribution in [0.5, 0.6) is 11.5 Å². The van der Waals surface area contributed by atoms with Crippen molar-refractivity contribution in [3.63, 3.8) is 0 Å². The maximum absolute atomic E-state index is 12.6. The lowest BCUT2D eigenvalue weighted by Crippen LogP contribution is -2.47. The predicted molar refractivity (Wildman–Crippen MR) is 105 cm³/mol. The fourth-order valence-corrected chi connectivity index (χ4v) is 2.52. The molecule has 2 amide bonds. The molecule has 2 aromatic rings. The van der Waals surface area contributed by atoms with E-state index < -0.39 is 6.04 Å². The molecule has 27 heavy (non-hydrogen) atoms. The smallest absolute Gasteiger partial charge is 0.251 e. The van der Waals surface area contributed by atoms with E-state index in [1.54, 1.807) is 55.6 Å². The van der Waals surface area contributed by atoms with Gasteiger partial charge in [-0.15, -0.1) is 0 Å². The van der Waals surface area contributed by atoms with Crippen LogP contribution in [0.2, 0.25) is 0 Å². The molecule has 2 N–H and O–H groups in total. The molecule has 144 valence electrons. The quantitative estimate of drug-likeness (QED) is 0.746. The Bertz CT molecular complexity index is 755. The summed E-state index contributed by atoms with van der Waals surface area (Å²) in [6.45, 7) is 6.23. The molecular weight excluding hydrogens is 344 g/mol. The highest BCUT2D eigenvalue weighted by Crippen LogP contribution is 2.17. The molecule has 1 atom stereocenters. The summed E-state index contributed by atoms with van der Waals surface area (Å²) in [5.41, 5.74) is 1.11. The predicted octanol–water partition coefficient (Wildman–Crippen LogP) is 3.49. The van der Waals surface area contributed by atoms with E-state index in [4.69, 9.17) is 9.47 Å². The first-order valence-corrected chi connectivity index (χ1v) is 8.93. The van der Waals surface area contributed by atoms with Crippen molar-refractivity contribution in [3.8, 4) is 11.5 Å². The Morgan fingerprint density at radius 1 is 0.963 bits per heavy atom. The lowest BCUT2D eigenvalue weighted by Gasteiger charge is -2.22. The van der Waals surface area contributed by atoms with Gasteiger partial charge in [-0.3, -0.25) is 9.59 Å². The van der Waals surface area contributed by atoms with Gasteiger partial charge in [-0.05, 0) is 61.4 Å². The number of nitrogens with one attached hydrogen (secondary N) is 2. The van der Waals surface area contributed by atoms with Crippen LogP contribution in [0.25, 0.3) is 0 Å². The highest BCUT2D eigenvalue weighted by Gasteiger charge is 2.24. The molecule has 0 fully saturated rings. The molecule has 0 bridgehead atoms. The van der Waals surface area contributed by atoms with Gasteiger partial charge in [0.05, 0.1) is 13.7 Å². The van der Waals surface area contributed by atoms with E-state index in [0.29, 0.717) is 29.4 Å². The van der Waals surface area contributed by atoms with E-state index in [-0.39, 0.29) is 17.7 Å². The molecule has 0 saturated carbocycles. The number of rotatable bonds is 8. The monoisotopic (exact) mass is 370 g/mol. The Hall–Kier alpha value is -3.02. The van der Waals surface area contributed by atoms with E-state index in [0.717, 1.165) is 0 Å². The van der Waals surface area contributed by atoms with Gasteiger partial charge in [0, 0.05) is 11.3 Å². The molecule has 0 aliphatic rings. The van der Waals surface area contributed by atoms with Crippen LogP contribution >= 0.6 is 0 Å². The van der Waals surface area contributed by atoms with Crippen LogP contribution in [-0.4, -0.2) is 31.6 Å². The molecule has 0 aromatic heterocycles. The van der Waals surface area contributed by atoms with Gasteiger partial charge in [0.2, 0.25) is 5.91 Å². The van der Waals surface area contributed by atoms with Gasteiger partial charge in [0.1, 0.15) is 17.5 Å². The Morgan fingerprint density at radius 3 is 2.07 bits per heavy atom. The second-order valence-electron chi connectivity index (χ2n) is 6.37. The molecule has 2 aromatic carbocycles. The topological polar surface area (TPSA) is 76.7 Å². The van der Waals surface area contributed by atoms with Crippen LogP contribution in [-0.2, 0) is 4.79 Å². The van der Waals surface area contributed by atoms with E-state index >= 15 is 0 Å². The molecule has 0 saturated heterocycles. The number of methoxy groups -OCH3 is 1. The molecule has 0 aliphatic carbocycles. The van der Waals surface area contributed by atoms with Crippen molar-refractivity contribution in [3.05, 3.63) is 54.1 Å². The minimum Gasteiger partial charge on any atom is -0.497 e. The van der Waals surface area contributed by atoms with E-state index in [9.17, 15) is 9.59 Å². The zero-order valence-electron chi connectivity index (χ0n) is 16.1. The van der Waals surface area contributed by atoms with E-state index in [1.165, 1.54) is 0 Å². The average molecular weight is 370 g/mol. The summed E-state index contributed by atoms with van der Waals surface area (Å²) in [6.07, 6.45) is 0. The fraction of sp³-hybridized carbons (Fsp3) is 0.333. The lowest BCUT2D eigenvalue weighted by atomic mass is 10.0. The average Bonchev–Trinajstić information content (AvgIpc) is 2.67. The van der Waals surface area contributed by atoms with E-state index in [2.05, 4.69) is 10.6 Å². The third-order valence-electron chi connectivity index (χ3n) is 4.02. The Kier molecular flexibility index (Phi) is 7.23. The molecule has 2 rings (SSSR count). The number of benzene rings is 2. The number of amides is 2.